The van der Waals surface area contributed by atoms with Crippen LogP contribution in [0.25, 0.3) is 0 Å². The van der Waals surface area contributed by atoms with Crippen LogP contribution in [0.2, 0.25) is 10.0 Å². The molecule has 0 bridgehead atoms. The third-order valence-corrected chi connectivity index (χ3v) is 4.74. The first kappa shape index (κ1) is 16.6. The summed E-state index contributed by atoms with van der Waals surface area (Å²) >= 11 is 12.4. The number of aliphatic imine (C=N–C) groups is 1. The van der Waals surface area contributed by atoms with E-state index in [1.54, 1.807) is 0 Å². The first-order chi connectivity index (χ1) is 11.0. The Kier molecular flexibility index (Phi) is 4.80. The van der Waals surface area contributed by atoms with Gasteiger partial charge in [-0.25, -0.2) is 10.0 Å². The number of nitrogens with one attached hydrogen (secondary N) is 1. The van der Waals surface area contributed by atoms with E-state index in [2.05, 4.69) is 17.1 Å². The number of benzene rings is 1. The largest absolute Gasteiger partial charge is 0.338 e. The molecular weight excluding hydrogens is 333 g/mol. The molecule has 23 heavy (non-hydrogen) atoms. The fourth-order valence-corrected chi connectivity index (χ4v) is 3.20. The van der Waals surface area contributed by atoms with Gasteiger partial charge in [0.1, 0.15) is 0 Å². The summed E-state index contributed by atoms with van der Waals surface area (Å²) in [6.07, 6.45) is 0. The highest BCUT2D eigenvalue weighted by Crippen LogP contribution is 2.40. The smallest absolute Gasteiger partial charge is 0.223 e. The fraction of sp³-hybridized carbons (Fsp3) is 0.500. The molecule has 1 fully saturated rings. The summed E-state index contributed by atoms with van der Waals surface area (Å²) < 4.78 is 0. The lowest BCUT2D eigenvalue weighted by atomic mass is 10.0. The van der Waals surface area contributed by atoms with Crippen LogP contribution in [0.15, 0.2) is 22.2 Å². The van der Waals surface area contributed by atoms with Crippen LogP contribution in [0.1, 0.15) is 32.4 Å². The molecule has 5 nitrogen and oxygen atoms in total. The summed E-state index contributed by atoms with van der Waals surface area (Å²) in [5, 5.41) is 11.1. The van der Waals surface area contributed by atoms with Crippen LogP contribution in [0.3, 0.4) is 0 Å². The Balaban J connectivity index is 2.09. The average molecular weight is 354 g/mol. The molecule has 1 unspecified atom stereocenters. The third-order valence-electron chi connectivity index (χ3n) is 4.02. The van der Waals surface area contributed by atoms with Crippen LogP contribution in [-0.4, -0.2) is 47.8 Å². The number of hydrogen-bond acceptors (Lipinski definition) is 5. The lowest BCUT2D eigenvalue weighted by Crippen LogP contribution is -2.52. The molecule has 0 aromatic heterocycles. The van der Waals surface area contributed by atoms with E-state index >= 15 is 0 Å². The fourth-order valence-electron chi connectivity index (χ4n) is 2.87. The predicted molar refractivity (Wildman–Crippen MR) is 97.0 cm³/mol. The quantitative estimate of drug-likeness (QED) is 0.783. The zero-order valence-corrected chi connectivity index (χ0v) is 15.1. The Morgan fingerprint density at radius 3 is 2.52 bits per heavy atom. The van der Waals surface area contributed by atoms with Crippen LogP contribution >= 0.6 is 23.2 Å². The van der Waals surface area contributed by atoms with Crippen molar-refractivity contribution in [2.75, 3.05) is 26.2 Å². The van der Waals surface area contributed by atoms with Gasteiger partial charge in [-0.05, 0) is 32.9 Å². The van der Waals surface area contributed by atoms with Gasteiger partial charge in [0.15, 0.2) is 0 Å². The maximum atomic E-state index is 6.20. The number of piperazine rings is 1. The van der Waals surface area contributed by atoms with Crippen molar-refractivity contribution in [3.05, 3.63) is 27.7 Å². The lowest BCUT2D eigenvalue weighted by Gasteiger charge is -2.39. The molecule has 1 N–H and O–H groups in total. The minimum atomic E-state index is 0.0528. The van der Waals surface area contributed by atoms with Crippen molar-refractivity contribution in [2.24, 2.45) is 10.1 Å². The second-order valence-electron chi connectivity index (χ2n) is 6.04. The Hall–Kier alpha value is -1.30. The Labute approximate surface area is 147 Å². The summed E-state index contributed by atoms with van der Waals surface area (Å²) in [6, 6.07) is 3.80. The number of hydrazone groups is 1. The Bertz CT molecular complexity index is 661. The molecule has 2 aliphatic heterocycles. The zero-order chi connectivity index (χ0) is 16.6. The lowest BCUT2D eigenvalue weighted by molar-refractivity contribution is 0.258. The van der Waals surface area contributed by atoms with Gasteiger partial charge < -0.3 is 10.2 Å². The molecule has 1 saturated heterocycles. The summed E-state index contributed by atoms with van der Waals surface area (Å²) in [5.74, 6) is 0.881. The van der Waals surface area contributed by atoms with Crippen LogP contribution in [0.5, 0.6) is 0 Å². The van der Waals surface area contributed by atoms with E-state index in [9.17, 15) is 0 Å². The first-order valence-corrected chi connectivity index (χ1v) is 8.57. The number of guanidine groups is 1. The molecule has 0 spiro atoms. The molecule has 2 aliphatic rings. The van der Waals surface area contributed by atoms with Crippen LogP contribution < -0.4 is 5.32 Å². The number of rotatable bonds is 1. The second kappa shape index (κ2) is 6.67. The van der Waals surface area contributed by atoms with E-state index in [1.807, 2.05) is 31.0 Å². The van der Waals surface area contributed by atoms with Crippen molar-refractivity contribution in [1.82, 2.24) is 15.2 Å². The molecule has 7 heteroatoms. The number of hydrogen-bond donors (Lipinski definition) is 1. The van der Waals surface area contributed by atoms with E-state index in [0.29, 0.717) is 10.0 Å². The summed E-state index contributed by atoms with van der Waals surface area (Å²) in [6.45, 7) is 9.83. The highest BCUT2D eigenvalue weighted by Gasteiger charge is 2.31. The number of halogens is 2. The molecule has 124 valence electrons. The minimum absolute atomic E-state index is 0.0528. The number of nitrogens with zero attached hydrogens (tertiary/aromatic N) is 4. The molecule has 0 saturated carbocycles. The Morgan fingerprint density at radius 1 is 1.22 bits per heavy atom. The average Bonchev–Trinajstić information content (AvgIpc) is 2.52. The molecule has 0 amide bonds. The van der Waals surface area contributed by atoms with Gasteiger partial charge in [0.2, 0.25) is 5.96 Å². The van der Waals surface area contributed by atoms with Crippen molar-refractivity contribution in [1.29, 1.82) is 0 Å². The molecule has 1 atom stereocenters. The van der Waals surface area contributed by atoms with Crippen molar-refractivity contribution in [3.63, 3.8) is 0 Å². The molecule has 0 radical (unpaired) electrons. The van der Waals surface area contributed by atoms with Crippen molar-refractivity contribution in [2.45, 2.75) is 26.8 Å². The van der Waals surface area contributed by atoms with E-state index in [4.69, 9.17) is 33.3 Å². The minimum Gasteiger partial charge on any atom is -0.338 e. The van der Waals surface area contributed by atoms with Gasteiger partial charge in [-0.3, -0.25) is 0 Å². The maximum absolute atomic E-state index is 6.20. The monoisotopic (exact) mass is 353 g/mol. The molecule has 3 rings (SSSR count). The molecule has 2 heterocycles. The van der Waals surface area contributed by atoms with Crippen molar-refractivity contribution < 1.29 is 0 Å². The van der Waals surface area contributed by atoms with E-state index in [1.165, 1.54) is 0 Å². The molecule has 0 aliphatic carbocycles. The van der Waals surface area contributed by atoms with Gasteiger partial charge >= 0.3 is 0 Å². The topological polar surface area (TPSA) is 43.2 Å². The zero-order valence-electron chi connectivity index (χ0n) is 13.6. The van der Waals surface area contributed by atoms with Gasteiger partial charge in [-0.2, -0.15) is 5.10 Å². The Morgan fingerprint density at radius 2 is 1.87 bits per heavy atom. The summed E-state index contributed by atoms with van der Waals surface area (Å²) in [5.41, 5.74) is 2.91. The summed E-state index contributed by atoms with van der Waals surface area (Å²) in [4.78, 5) is 7.12. The number of fused-ring (bicyclic) bond motifs is 1. The van der Waals surface area contributed by atoms with Gasteiger partial charge in [0.05, 0.1) is 21.8 Å². The first-order valence-electron chi connectivity index (χ1n) is 7.81. The van der Waals surface area contributed by atoms with Gasteiger partial charge in [-0.15, -0.1) is 0 Å². The van der Waals surface area contributed by atoms with E-state index < -0.39 is 0 Å². The SMILES string of the molecule is CC(C)=NN1C(N2CCNCC2)=Nc2cc(Cl)c(Cl)cc2C1C. The predicted octanol–water partition coefficient (Wildman–Crippen LogP) is 3.66. The van der Waals surface area contributed by atoms with Crippen molar-refractivity contribution >= 4 is 40.6 Å². The van der Waals surface area contributed by atoms with Gasteiger partial charge in [0.25, 0.3) is 0 Å². The van der Waals surface area contributed by atoms with E-state index in [0.717, 1.165) is 49.1 Å². The van der Waals surface area contributed by atoms with Gasteiger partial charge in [-0.1, -0.05) is 23.2 Å². The molecule has 1 aromatic rings. The second-order valence-corrected chi connectivity index (χ2v) is 6.86. The summed E-state index contributed by atoms with van der Waals surface area (Å²) in [7, 11) is 0. The maximum Gasteiger partial charge on any atom is 0.223 e. The third kappa shape index (κ3) is 3.32. The van der Waals surface area contributed by atoms with Crippen LogP contribution in [0, 0.1) is 0 Å². The van der Waals surface area contributed by atoms with E-state index in [-0.39, 0.29) is 6.04 Å². The standard InChI is InChI=1S/C16H21Cl2N5/c1-10(2)21-23-11(3)12-8-13(17)14(18)9-15(12)20-16(23)22-6-4-19-5-7-22/h8-9,11,19H,4-7H2,1-3H3. The normalized spacial score (nSPS) is 20.9. The van der Waals surface area contributed by atoms with Crippen LogP contribution in [-0.2, 0) is 0 Å². The molecular formula is C16H21Cl2N5. The van der Waals surface area contributed by atoms with Gasteiger partial charge in [0, 0.05) is 37.5 Å². The van der Waals surface area contributed by atoms with Crippen molar-refractivity contribution in [3.8, 4) is 0 Å². The molecule has 1 aromatic carbocycles. The highest BCUT2D eigenvalue weighted by atomic mass is 35.5. The highest BCUT2D eigenvalue weighted by molar-refractivity contribution is 6.42. The van der Waals surface area contributed by atoms with Crippen LogP contribution in [0.4, 0.5) is 5.69 Å².